The summed E-state index contributed by atoms with van der Waals surface area (Å²) in [5.74, 6) is -1.85. The Kier molecular flexibility index (Phi) is 4.28. The van der Waals surface area contributed by atoms with Crippen LogP contribution >= 0.6 is 0 Å². The van der Waals surface area contributed by atoms with Gasteiger partial charge in [0.25, 0.3) is 0 Å². The van der Waals surface area contributed by atoms with E-state index in [2.05, 4.69) is 9.17 Å². The van der Waals surface area contributed by atoms with Crippen LogP contribution in [0.5, 0.6) is 5.75 Å². The van der Waals surface area contributed by atoms with E-state index in [0.717, 1.165) is 18.2 Å². The molecule has 1 aromatic heterocycles. The molecular formula is C13H8F3NO5S. The number of carboxylic acids is 1. The molecule has 10 heteroatoms. The molecule has 0 atom stereocenters. The Bertz CT molecular complexity index is 890. The Balaban J connectivity index is 2.52. The summed E-state index contributed by atoms with van der Waals surface area (Å²) in [6, 6.07) is 6.67. The third-order valence-electron chi connectivity index (χ3n) is 2.58. The second kappa shape index (κ2) is 5.88. The molecule has 0 fully saturated rings. The predicted octanol–water partition coefficient (Wildman–Crippen LogP) is 2.56. The zero-order valence-corrected chi connectivity index (χ0v) is 11.9. The molecular weight excluding hydrogens is 339 g/mol. The van der Waals surface area contributed by atoms with E-state index in [4.69, 9.17) is 5.11 Å². The highest BCUT2D eigenvalue weighted by molar-refractivity contribution is 7.88. The molecule has 122 valence electrons. The van der Waals surface area contributed by atoms with Crippen LogP contribution in [0.1, 0.15) is 5.69 Å². The molecule has 0 aliphatic heterocycles. The summed E-state index contributed by atoms with van der Waals surface area (Å²) in [7, 11) is -5.83. The number of rotatable bonds is 4. The third-order valence-corrected chi connectivity index (χ3v) is 3.55. The van der Waals surface area contributed by atoms with E-state index in [1.807, 2.05) is 0 Å². The quantitative estimate of drug-likeness (QED) is 0.519. The smallest absolute Gasteiger partial charge is 0.478 e. The number of halogens is 3. The van der Waals surface area contributed by atoms with Gasteiger partial charge in [0.1, 0.15) is 5.52 Å². The van der Waals surface area contributed by atoms with Gasteiger partial charge < -0.3 is 9.29 Å². The van der Waals surface area contributed by atoms with Gasteiger partial charge in [0.15, 0.2) is 5.75 Å². The Morgan fingerprint density at radius 2 is 1.91 bits per heavy atom. The number of nitrogens with zero attached hydrogens (tertiary/aromatic N) is 1. The van der Waals surface area contributed by atoms with Crippen molar-refractivity contribution in [2.24, 2.45) is 0 Å². The lowest BCUT2D eigenvalue weighted by Gasteiger charge is -2.11. The van der Waals surface area contributed by atoms with E-state index in [0.29, 0.717) is 5.39 Å². The first-order valence-corrected chi connectivity index (χ1v) is 7.32. The Morgan fingerprint density at radius 1 is 1.22 bits per heavy atom. The maximum atomic E-state index is 12.4. The number of fused-ring (bicyclic) bond motifs is 1. The van der Waals surface area contributed by atoms with Gasteiger partial charge in [-0.15, -0.1) is 0 Å². The Labute approximate surface area is 128 Å². The number of aromatic nitrogens is 1. The number of alkyl halides is 3. The van der Waals surface area contributed by atoms with Gasteiger partial charge in [-0.3, -0.25) is 0 Å². The minimum absolute atomic E-state index is 0.111. The van der Waals surface area contributed by atoms with Gasteiger partial charge >= 0.3 is 21.6 Å². The monoisotopic (exact) mass is 347 g/mol. The number of aliphatic carboxylic acids is 1. The average Bonchev–Trinajstić information content (AvgIpc) is 2.44. The number of hydrogen-bond acceptors (Lipinski definition) is 5. The first-order valence-electron chi connectivity index (χ1n) is 5.92. The van der Waals surface area contributed by atoms with Crippen molar-refractivity contribution in [2.75, 3.05) is 0 Å². The van der Waals surface area contributed by atoms with Crippen LogP contribution in [0.4, 0.5) is 13.2 Å². The summed E-state index contributed by atoms with van der Waals surface area (Å²) in [5, 5.41) is 8.87. The van der Waals surface area contributed by atoms with Crippen LogP contribution in [0.2, 0.25) is 0 Å². The zero-order valence-electron chi connectivity index (χ0n) is 11.1. The van der Waals surface area contributed by atoms with Gasteiger partial charge in [-0.1, -0.05) is 18.2 Å². The molecule has 1 aromatic carbocycles. The summed E-state index contributed by atoms with van der Waals surface area (Å²) < 4.78 is 63.5. The van der Waals surface area contributed by atoms with E-state index in [1.165, 1.54) is 24.3 Å². The number of pyridine rings is 1. The summed E-state index contributed by atoms with van der Waals surface area (Å²) in [6.07, 6.45) is 1.89. The molecule has 0 saturated carbocycles. The van der Waals surface area contributed by atoms with Crippen LogP contribution in [-0.2, 0) is 14.9 Å². The molecule has 0 unspecified atom stereocenters. The standard InChI is InChI=1S/C13H8F3NO5S/c14-13(15,16)23(20,21)22-10-3-1-2-8-4-5-9(17-12(8)10)6-7-11(18)19/h1-7H,(H,18,19)/b7-6+. The molecule has 6 nitrogen and oxygen atoms in total. The fourth-order valence-electron chi connectivity index (χ4n) is 1.62. The topological polar surface area (TPSA) is 93.6 Å². The molecule has 0 aliphatic carbocycles. The van der Waals surface area contributed by atoms with E-state index < -0.39 is 27.3 Å². The van der Waals surface area contributed by atoms with Crippen molar-refractivity contribution in [2.45, 2.75) is 5.51 Å². The first kappa shape index (κ1) is 16.7. The minimum Gasteiger partial charge on any atom is -0.478 e. The van der Waals surface area contributed by atoms with Crippen LogP contribution in [0, 0.1) is 0 Å². The summed E-state index contributed by atoms with van der Waals surface area (Å²) >= 11 is 0. The number of carbonyl (C=O) groups is 1. The van der Waals surface area contributed by atoms with E-state index >= 15 is 0 Å². The van der Waals surface area contributed by atoms with Gasteiger partial charge in [-0.25, -0.2) is 9.78 Å². The third kappa shape index (κ3) is 3.77. The molecule has 2 aromatic rings. The van der Waals surface area contributed by atoms with Crippen molar-refractivity contribution in [3.05, 3.63) is 42.1 Å². The molecule has 1 heterocycles. The van der Waals surface area contributed by atoms with Crippen LogP contribution < -0.4 is 4.18 Å². The second-order valence-electron chi connectivity index (χ2n) is 4.22. The van der Waals surface area contributed by atoms with E-state index in [9.17, 15) is 26.4 Å². The lowest BCUT2D eigenvalue weighted by molar-refractivity contribution is -0.131. The van der Waals surface area contributed by atoms with Crippen LogP contribution in [-0.4, -0.2) is 30.0 Å². The minimum atomic E-state index is -5.83. The summed E-state index contributed by atoms with van der Waals surface area (Å²) in [5.41, 5.74) is -5.61. The second-order valence-corrected chi connectivity index (χ2v) is 5.76. The van der Waals surface area contributed by atoms with Crippen molar-refractivity contribution in [3.8, 4) is 5.75 Å². The normalized spacial score (nSPS) is 12.7. The molecule has 0 radical (unpaired) electrons. The Morgan fingerprint density at radius 3 is 2.52 bits per heavy atom. The fraction of sp³-hybridized carbons (Fsp3) is 0.0769. The van der Waals surface area contributed by atoms with Crippen molar-refractivity contribution in [3.63, 3.8) is 0 Å². The number of hydrogen-bond donors (Lipinski definition) is 1. The molecule has 0 spiro atoms. The lowest BCUT2D eigenvalue weighted by atomic mass is 10.2. The van der Waals surface area contributed by atoms with Crippen LogP contribution in [0.3, 0.4) is 0 Å². The molecule has 0 aliphatic rings. The highest BCUT2D eigenvalue weighted by atomic mass is 32.2. The molecule has 2 rings (SSSR count). The van der Waals surface area contributed by atoms with Gasteiger partial charge in [-0.2, -0.15) is 21.6 Å². The highest BCUT2D eigenvalue weighted by Crippen LogP contribution is 2.31. The first-order chi connectivity index (χ1) is 10.6. The average molecular weight is 347 g/mol. The molecule has 0 saturated heterocycles. The number of carboxylic acid groups (broad SMARTS) is 1. The number of benzene rings is 1. The fourth-order valence-corrected chi connectivity index (χ4v) is 2.08. The van der Waals surface area contributed by atoms with Gasteiger partial charge in [0.2, 0.25) is 0 Å². The maximum Gasteiger partial charge on any atom is 0.534 e. The van der Waals surface area contributed by atoms with Crippen molar-refractivity contribution in [1.29, 1.82) is 0 Å². The van der Waals surface area contributed by atoms with Gasteiger partial charge in [0, 0.05) is 11.5 Å². The van der Waals surface area contributed by atoms with Crippen LogP contribution in [0.15, 0.2) is 36.4 Å². The molecule has 23 heavy (non-hydrogen) atoms. The number of para-hydroxylation sites is 1. The summed E-state index contributed by atoms with van der Waals surface area (Å²) in [4.78, 5) is 14.4. The highest BCUT2D eigenvalue weighted by Gasteiger charge is 2.48. The van der Waals surface area contributed by atoms with E-state index in [-0.39, 0.29) is 11.2 Å². The Hall–Kier alpha value is -2.62. The molecule has 0 amide bonds. The van der Waals surface area contributed by atoms with Crippen molar-refractivity contribution < 1.29 is 35.7 Å². The van der Waals surface area contributed by atoms with Crippen molar-refractivity contribution >= 4 is 33.1 Å². The zero-order chi connectivity index (χ0) is 17.3. The maximum absolute atomic E-state index is 12.4. The lowest BCUT2D eigenvalue weighted by Crippen LogP contribution is -2.28. The molecule has 1 N–H and O–H groups in total. The van der Waals surface area contributed by atoms with Crippen LogP contribution in [0.25, 0.3) is 17.0 Å². The SMILES string of the molecule is O=C(O)/C=C/c1ccc2cccc(OS(=O)(=O)C(F)(F)F)c2n1. The van der Waals surface area contributed by atoms with Gasteiger partial charge in [-0.05, 0) is 18.2 Å². The van der Waals surface area contributed by atoms with E-state index in [1.54, 1.807) is 0 Å². The largest absolute Gasteiger partial charge is 0.534 e. The summed E-state index contributed by atoms with van der Waals surface area (Å²) in [6.45, 7) is 0. The van der Waals surface area contributed by atoms with Gasteiger partial charge in [0.05, 0.1) is 5.69 Å². The predicted molar refractivity (Wildman–Crippen MR) is 74.0 cm³/mol. The van der Waals surface area contributed by atoms with Crippen molar-refractivity contribution in [1.82, 2.24) is 4.98 Å². The molecule has 0 bridgehead atoms.